The molecule has 1 aromatic heterocycles. The van der Waals surface area contributed by atoms with E-state index in [1.165, 1.54) is 57.8 Å². The maximum absolute atomic E-state index is 13.9. The van der Waals surface area contributed by atoms with Gasteiger partial charge in [-0.05, 0) is 82.8 Å². The first-order valence-corrected chi connectivity index (χ1v) is 14.6. The molecule has 8 nitrogen and oxygen atoms in total. The lowest BCUT2D eigenvalue weighted by molar-refractivity contribution is -0.129. The standard InChI is InChI=1S/C30H40N4O4/c1-18(2)38-32-28(30(36)37)27-29(35)34(26-10-6-5-9-25(26)31-27)24-16-21-11-12-22(17-24)33(21)23-14-19-7-3-4-8-20(13-19)15-23/h5-6,9-10,18-24H,3-4,7-8,11-17H2,1-2H3,(H,36,37)/b32-28-/t19-,20+,21-,22+,23?,24+. The second-order valence-corrected chi connectivity index (χ2v) is 12.4. The molecule has 3 heterocycles. The monoisotopic (exact) mass is 520 g/mol. The Kier molecular flexibility index (Phi) is 7.01. The van der Waals surface area contributed by atoms with Gasteiger partial charge >= 0.3 is 5.97 Å². The molecule has 1 aromatic carbocycles. The van der Waals surface area contributed by atoms with Gasteiger partial charge in [0.1, 0.15) is 6.10 Å². The molecule has 2 aromatic rings. The Balaban J connectivity index is 1.34. The quantitative estimate of drug-likeness (QED) is 0.419. The number of carboxylic acid groups (broad SMARTS) is 1. The second kappa shape index (κ2) is 10.4. The van der Waals surface area contributed by atoms with E-state index in [2.05, 4.69) is 15.0 Å². The van der Waals surface area contributed by atoms with Crippen LogP contribution >= 0.6 is 0 Å². The molecule has 204 valence electrons. The van der Waals surface area contributed by atoms with Crippen LogP contribution in [0.25, 0.3) is 11.0 Å². The Bertz CT molecular complexity index is 1260. The molecule has 6 rings (SSSR count). The van der Waals surface area contributed by atoms with Gasteiger partial charge in [0.25, 0.3) is 5.56 Å². The number of benzene rings is 1. The lowest BCUT2D eigenvalue weighted by Crippen LogP contribution is -2.52. The van der Waals surface area contributed by atoms with Crippen LogP contribution in [-0.4, -0.2) is 55.5 Å². The van der Waals surface area contributed by atoms with Gasteiger partial charge in [-0.3, -0.25) is 9.69 Å². The number of fused-ring (bicyclic) bond motifs is 5. The molecule has 4 bridgehead atoms. The summed E-state index contributed by atoms with van der Waals surface area (Å²) in [4.78, 5) is 38.7. The van der Waals surface area contributed by atoms with Crippen LogP contribution < -0.4 is 5.56 Å². The van der Waals surface area contributed by atoms with Gasteiger partial charge in [-0.15, -0.1) is 0 Å². The third-order valence-corrected chi connectivity index (χ3v) is 9.48. The smallest absolute Gasteiger partial charge is 0.360 e. The molecule has 8 heteroatoms. The van der Waals surface area contributed by atoms with Crippen molar-refractivity contribution in [1.82, 2.24) is 14.5 Å². The van der Waals surface area contributed by atoms with Gasteiger partial charge in [0, 0.05) is 24.2 Å². The molecule has 1 unspecified atom stereocenters. The summed E-state index contributed by atoms with van der Waals surface area (Å²) in [5, 5.41) is 13.7. The van der Waals surface area contributed by atoms with E-state index in [9.17, 15) is 14.7 Å². The molecule has 2 saturated heterocycles. The van der Waals surface area contributed by atoms with Crippen molar-refractivity contribution in [2.75, 3.05) is 0 Å². The van der Waals surface area contributed by atoms with E-state index in [4.69, 9.17) is 4.84 Å². The van der Waals surface area contributed by atoms with Crippen molar-refractivity contribution in [2.45, 2.75) is 115 Å². The Morgan fingerprint density at radius 1 is 0.947 bits per heavy atom. The van der Waals surface area contributed by atoms with E-state index in [1.54, 1.807) is 13.8 Å². The highest BCUT2D eigenvalue weighted by Crippen LogP contribution is 2.47. The number of aromatic nitrogens is 2. The molecular weight excluding hydrogens is 480 g/mol. The van der Waals surface area contributed by atoms with E-state index in [0.29, 0.717) is 23.6 Å². The minimum atomic E-state index is -1.31. The van der Waals surface area contributed by atoms with Gasteiger partial charge in [0.15, 0.2) is 5.69 Å². The molecule has 4 fully saturated rings. The van der Waals surface area contributed by atoms with E-state index >= 15 is 0 Å². The number of oxime groups is 1. The normalized spacial score (nSPS) is 31.9. The largest absolute Gasteiger partial charge is 0.476 e. The molecule has 0 amide bonds. The van der Waals surface area contributed by atoms with Crippen molar-refractivity contribution in [3.05, 3.63) is 40.3 Å². The minimum absolute atomic E-state index is 0.00910. The fraction of sp³-hybridized carbons (Fsp3) is 0.667. The van der Waals surface area contributed by atoms with E-state index in [-0.39, 0.29) is 17.8 Å². The summed E-state index contributed by atoms with van der Waals surface area (Å²) in [7, 11) is 0. The lowest BCUT2D eigenvalue weighted by Gasteiger charge is -2.48. The van der Waals surface area contributed by atoms with Gasteiger partial charge < -0.3 is 14.5 Å². The van der Waals surface area contributed by atoms with Gasteiger partial charge in [0.2, 0.25) is 5.71 Å². The Morgan fingerprint density at radius 2 is 1.61 bits per heavy atom. The molecule has 0 radical (unpaired) electrons. The van der Waals surface area contributed by atoms with Crippen LogP contribution in [0.4, 0.5) is 0 Å². The summed E-state index contributed by atoms with van der Waals surface area (Å²) in [6.45, 7) is 3.53. The number of carbonyl (C=O) groups is 1. The highest BCUT2D eigenvalue weighted by atomic mass is 16.6. The molecule has 0 spiro atoms. The fourth-order valence-corrected chi connectivity index (χ4v) is 8.11. The predicted molar refractivity (Wildman–Crippen MR) is 146 cm³/mol. The summed E-state index contributed by atoms with van der Waals surface area (Å²) in [5.74, 6) is 0.453. The zero-order valence-electron chi connectivity index (χ0n) is 22.6. The summed E-state index contributed by atoms with van der Waals surface area (Å²) in [6.07, 6.45) is 13.6. The first-order valence-electron chi connectivity index (χ1n) is 14.6. The van der Waals surface area contributed by atoms with Gasteiger partial charge in [-0.25, -0.2) is 9.78 Å². The van der Waals surface area contributed by atoms with E-state index in [0.717, 1.165) is 30.2 Å². The SMILES string of the molecule is CC(C)O/N=C(\C(=O)O)c1nc2ccccc2n([C@H]2C[C@H]3CC[C@@H](C2)N3C2C[C@H]3CCCC[C@@H](C2)C3)c1=O. The summed E-state index contributed by atoms with van der Waals surface area (Å²) in [6, 6.07) is 9.18. The van der Waals surface area contributed by atoms with Crippen molar-refractivity contribution >= 4 is 22.7 Å². The van der Waals surface area contributed by atoms with Crippen LogP contribution in [0.3, 0.4) is 0 Å². The molecule has 1 N–H and O–H groups in total. The average Bonchev–Trinajstić information content (AvgIpc) is 3.04. The number of nitrogens with zero attached hydrogens (tertiary/aromatic N) is 4. The molecule has 2 aliphatic heterocycles. The Morgan fingerprint density at radius 3 is 2.24 bits per heavy atom. The molecular formula is C30H40N4O4. The van der Waals surface area contributed by atoms with Crippen LogP contribution in [0.2, 0.25) is 0 Å². The van der Waals surface area contributed by atoms with Crippen molar-refractivity contribution < 1.29 is 14.7 Å². The van der Waals surface area contributed by atoms with Gasteiger partial charge in [0.05, 0.1) is 11.0 Å². The molecule has 2 aliphatic carbocycles. The topological polar surface area (TPSA) is 97.0 Å². The highest BCUT2D eigenvalue weighted by Gasteiger charge is 2.47. The average molecular weight is 521 g/mol. The predicted octanol–water partition coefficient (Wildman–Crippen LogP) is 5.14. The third-order valence-electron chi connectivity index (χ3n) is 9.48. The van der Waals surface area contributed by atoms with Crippen LogP contribution in [0, 0.1) is 11.8 Å². The van der Waals surface area contributed by atoms with Crippen LogP contribution in [0.1, 0.15) is 96.2 Å². The summed E-state index contributed by atoms with van der Waals surface area (Å²) >= 11 is 0. The summed E-state index contributed by atoms with van der Waals surface area (Å²) in [5.41, 5.74) is 0.388. The maximum atomic E-state index is 13.9. The Hall–Kier alpha value is -2.74. The number of carboxylic acids is 1. The molecule has 4 aliphatic rings. The van der Waals surface area contributed by atoms with Crippen LogP contribution in [0.15, 0.2) is 34.2 Å². The van der Waals surface area contributed by atoms with Gasteiger partial charge in [-0.2, -0.15) is 0 Å². The molecule has 2 saturated carbocycles. The number of rotatable bonds is 6. The van der Waals surface area contributed by atoms with Crippen molar-refractivity contribution in [3.8, 4) is 0 Å². The summed E-state index contributed by atoms with van der Waals surface area (Å²) < 4.78 is 1.83. The number of para-hydroxylation sites is 2. The zero-order chi connectivity index (χ0) is 26.4. The number of piperidine rings is 1. The fourth-order valence-electron chi connectivity index (χ4n) is 8.11. The van der Waals surface area contributed by atoms with Crippen molar-refractivity contribution in [1.29, 1.82) is 0 Å². The number of hydrogen-bond acceptors (Lipinski definition) is 6. The molecule has 38 heavy (non-hydrogen) atoms. The van der Waals surface area contributed by atoms with Crippen molar-refractivity contribution in [2.24, 2.45) is 17.0 Å². The van der Waals surface area contributed by atoms with Gasteiger partial charge in [-0.1, -0.05) is 43.0 Å². The van der Waals surface area contributed by atoms with Crippen molar-refractivity contribution in [3.63, 3.8) is 0 Å². The number of aliphatic carboxylic acids is 1. The second-order valence-electron chi connectivity index (χ2n) is 12.4. The lowest BCUT2D eigenvalue weighted by atomic mass is 9.76. The van der Waals surface area contributed by atoms with Crippen LogP contribution in [0.5, 0.6) is 0 Å². The Labute approximate surface area is 224 Å². The molecule has 6 atom stereocenters. The van der Waals surface area contributed by atoms with E-state index in [1.807, 2.05) is 28.8 Å². The first kappa shape index (κ1) is 25.5. The number of hydrogen-bond donors (Lipinski definition) is 1. The first-order chi connectivity index (χ1) is 18.4. The van der Waals surface area contributed by atoms with E-state index < -0.39 is 17.2 Å². The minimum Gasteiger partial charge on any atom is -0.476 e. The maximum Gasteiger partial charge on any atom is 0.360 e. The van der Waals surface area contributed by atoms with Crippen LogP contribution in [-0.2, 0) is 9.63 Å². The highest BCUT2D eigenvalue weighted by molar-refractivity contribution is 6.41. The third kappa shape index (κ3) is 4.76. The zero-order valence-corrected chi connectivity index (χ0v) is 22.6.